The second kappa shape index (κ2) is 3.98. The van der Waals surface area contributed by atoms with Crippen LogP contribution in [0.2, 0.25) is 0 Å². The molecule has 0 saturated heterocycles. The first-order valence-electron chi connectivity index (χ1n) is 5.97. The Labute approximate surface area is 104 Å². The van der Waals surface area contributed by atoms with Crippen LogP contribution >= 0.6 is 11.6 Å². The number of halogens is 2. The van der Waals surface area contributed by atoms with Crippen molar-refractivity contribution in [2.24, 2.45) is 5.92 Å². The summed E-state index contributed by atoms with van der Waals surface area (Å²) in [4.78, 5) is 4.47. The van der Waals surface area contributed by atoms with Gasteiger partial charge in [-0.25, -0.2) is 9.37 Å². The van der Waals surface area contributed by atoms with Crippen molar-refractivity contribution >= 4 is 22.6 Å². The van der Waals surface area contributed by atoms with Crippen molar-refractivity contribution in [2.75, 3.05) is 0 Å². The first-order valence-corrected chi connectivity index (χ1v) is 6.50. The molecule has 1 aliphatic carbocycles. The third kappa shape index (κ3) is 1.73. The van der Waals surface area contributed by atoms with Gasteiger partial charge in [-0.15, -0.1) is 11.6 Å². The lowest BCUT2D eigenvalue weighted by Gasteiger charge is -2.06. The number of nitrogens with zero attached hydrogens (tertiary/aromatic N) is 2. The highest BCUT2D eigenvalue weighted by Gasteiger charge is 2.39. The van der Waals surface area contributed by atoms with Gasteiger partial charge in [0.25, 0.3) is 0 Å². The highest BCUT2D eigenvalue weighted by molar-refractivity contribution is 6.16. The van der Waals surface area contributed by atoms with Crippen molar-refractivity contribution in [3.8, 4) is 0 Å². The van der Waals surface area contributed by atoms with Crippen LogP contribution in [0.4, 0.5) is 4.39 Å². The minimum atomic E-state index is -0.214. The van der Waals surface area contributed by atoms with E-state index in [0.717, 1.165) is 29.7 Å². The van der Waals surface area contributed by atoms with E-state index in [-0.39, 0.29) is 5.82 Å². The molecule has 90 valence electrons. The van der Waals surface area contributed by atoms with Crippen molar-refractivity contribution in [1.82, 2.24) is 9.55 Å². The number of hydrogen-bond donors (Lipinski definition) is 0. The van der Waals surface area contributed by atoms with Crippen molar-refractivity contribution in [3.63, 3.8) is 0 Å². The molecule has 0 bridgehead atoms. The standard InChI is InChI=1S/C13H14ClFN2/c1-2-8-5-11(8)17-12-6-9(15)3-4-10(12)16-13(17)7-14/h3-4,6,8,11H,2,5,7H2,1H3. The lowest BCUT2D eigenvalue weighted by Crippen LogP contribution is -2.01. The first kappa shape index (κ1) is 11.0. The summed E-state index contributed by atoms with van der Waals surface area (Å²) < 4.78 is 15.4. The Hall–Kier alpha value is -1.09. The number of hydrogen-bond acceptors (Lipinski definition) is 1. The molecule has 2 unspecified atom stereocenters. The van der Waals surface area contributed by atoms with Gasteiger partial charge in [-0.2, -0.15) is 0 Å². The fourth-order valence-corrected chi connectivity index (χ4v) is 2.76. The molecule has 1 heterocycles. The average molecular weight is 253 g/mol. The Morgan fingerprint density at radius 3 is 3.00 bits per heavy atom. The molecule has 2 atom stereocenters. The van der Waals surface area contributed by atoms with E-state index < -0.39 is 0 Å². The van der Waals surface area contributed by atoms with Gasteiger partial charge in [0.2, 0.25) is 0 Å². The molecule has 3 rings (SSSR count). The molecule has 2 aromatic rings. The van der Waals surface area contributed by atoms with E-state index >= 15 is 0 Å². The van der Waals surface area contributed by atoms with Crippen LogP contribution in [0, 0.1) is 11.7 Å². The first-order chi connectivity index (χ1) is 8.24. The SMILES string of the molecule is CCC1CC1n1c(CCl)nc2ccc(F)cc21. The predicted octanol–water partition coefficient (Wildman–Crippen LogP) is 3.89. The Morgan fingerprint density at radius 1 is 1.53 bits per heavy atom. The fourth-order valence-electron chi connectivity index (χ4n) is 2.57. The molecular formula is C13H14ClFN2. The number of imidazole rings is 1. The number of benzene rings is 1. The van der Waals surface area contributed by atoms with Gasteiger partial charge in [0.05, 0.1) is 16.9 Å². The highest BCUT2D eigenvalue weighted by atomic mass is 35.5. The summed E-state index contributed by atoms with van der Waals surface area (Å²) in [5.74, 6) is 1.71. The van der Waals surface area contributed by atoms with Crippen LogP contribution in [0.1, 0.15) is 31.6 Å². The monoisotopic (exact) mass is 252 g/mol. The molecule has 17 heavy (non-hydrogen) atoms. The van der Waals surface area contributed by atoms with Gasteiger partial charge < -0.3 is 4.57 Å². The smallest absolute Gasteiger partial charge is 0.125 e. The van der Waals surface area contributed by atoms with Gasteiger partial charge in [-0.3, -0.25) is 0 Å². The van der Waals surface area contributed by atoms with Crippen molar-refractivity contribution < 1.29 is 4.39 Å². The molecule has 0 spiro atoms. The zero-order valence-electron chi connectivity index (χ0n) is 9.66. The van der Waals surface area contributed by atoms with Gasteiger partial charge in [0.1, 0.15) is 11.6 Å². The van der Waals surface area contributed by atoms with Crippen LogP contribution in [0.5, 0.6) is 0 Å². The molecule has 1 fully saturated rings. The molecule has 0 radical (unpaired) electrons. The Bertz CT molecular complexity index is 564. The Kier molecular flexibility index (Phi) is 2.58. The molecule has 0 aliphatic heterocycles. The van der Waals surface area contributed by atoms with Crippen molar-refractivity contribution in [1.29, 1.82) is 0 Å². The summed E-state index contributed by atoms with van der Waals surface area (Å²) >= 11 is 5.93. The average Bonchev–Trinajstić information content (AvgIpc) is 3.02. The van der Waals surface area contributed by atoms with Crippen LogP contribution in [0.3, 0.4) is 0 Å². The number of fused-ring (bicyclic) bond motifs is 1. The van der Waals surface area contributed by atoms with Gasteiger partial charge in [0.15, 0.2) is 0 Å². The van der Waals surface area contributed by atoms with E-state index in [1.54, 1.807) is 12.1 Å². The molecule has 1 aromatic heterocycles. The summed E-state index contributed by atoms with van der Waals surface area (Å²) in [7, 11) is 0. The normalized spacial score (nSPS) is 23.2. The van der Waals surface area contributed by atoms with Gasteiger partial charge >= 0.3 is 0 Å². The van der Waals surface area contributed by atoms with E-state index in [9.17, 15) is 4.39 Å². The molecule has 1 aromatic carbocycles. The lowest BCUT2D eigenvalue weighted by atomic mass is 10.3. The molecular weight excluding hydrogens is 239 g/mol. The zero-order chi connectivity index (χ0) is 12.0. The minimum Gasteiger partial charge on any atom is -0.323 e. The van der Waals surface area contributed by atoms with Crippen LogP contribution in [0.25, 0.3) is 11.0 Å². The molecule has 4 heteroatoms. The summed E-state index contributed by atoms with van der Waals surface area (Å²) in [5, 5.41) is 0. The number of alkyl halides is 1. The summed E-state index contributed by atoms with van der Waals surface area (Å²) in [6.45, 7) is 2.19. The molecule has 1 aliphatic rings. The number of aromatic nitrogens is 2. The molecule has 2 nitrogen and oxygen atoms in total. The van der Waals surface area contributed by atoms with Crippen molar-refractivity contribution in [3.05, 3.63) is 29.8 Å². The van der Waals surface area contributed by atoms with Gasteiger partial charge in [-0.05, 0) is 30.5 Å². The van der Waals surface area contributed by atoms with Gasteiger partial charge in [-0.1, -0.05) is 13.3 Å². The van der Waals surface area contributed by atoms with Gasteiger partial charge in [0, 0.05) is 6.04 Å². The zero-order valence-corrected chi connectivity index (χ0v) is 10.4. The van der Waals surface area contributed by atoms with E-state index in [0.29, 0.717) is 17.8 Å². The van der Waals surface area contributed by atoms with Crippen LogP contribution in [-0.2, 0) is 5.88 Å². The summed E-state index contributed by atoms with van der Waals surface area (Å²) in [6.07, 6.45) is 2.31. The topological polar surface area (TPSA) is 17.8 Å². The van der Waals surface area contributed by atoms with Crippen molar-refractivity contribution in [2.45, 2.75) is 31.7 Å². The maximum atomic E-state index is 13.3. The van der Waals surface area contributed by atoms with E-state index in [1.165, 1.54) is 6.07 Å². The minimum absolute atomic E-state index is 0.214. The highest BCUT2D eigenvalue weighted by Crippen LogP contribution is 2.47. The largest absolute Gasteiger partial charge is 0.323 e. The predicted molar refractivity (Wildman–Crippen MR) is 66.7 cm³/mol. The number of rotatable bonds is 3. The van der Waals surface area contributed by atoms with Crippen LogP contribution in [0.15, 0.2) is 18.2 Å². The fraction of sp³-hybridized carbons (Fsp3) is 0.462. The van der Waals surface area contributed by atoms with E-state index in [4.69, 9.17) is 11.6 Å². The third-order valence-electron chi connectivity index (χ3n) is 3.59. The van der Waals surface area contributed by atoms with E-state index in [2.05, 4.69) is 16.5 Å². The Balaban J connectivity index is 2.16. The van der Waals surface area contributed by atoms with Crippen LogP contribution < -0.4 is 0 Å². The lowest BCUT2D eigenvalue weighted by molar-refractivity contribution is 0.620. The molecule has 0 N–H and O–H groups in total. The maximum absolute atomic E-state index is 13.3. The third-order valence-corrected chi connectivity index (χ3v) is 3.82. The second-order valence-corrected chi connectivity index (χ2v) is 4.90. The summed E-state index contributed by atoms with van der Waals surface area (Å²) in [6, 6.07) is 5.19. The molecule has 0 amide bonds. The quantitative estimate of drug-likeness (QED) is 0.758. The van der Waals surface area contributed by atoms with E-state index in [1.807, 2.05) is 0 Å². The maximum Gasteiger partial charge on any atom is 0.125 e. The summed E-state index contributed by atoms with van der Waals surface area (Å²) in [5.41, 5.74) is 1.71. The van der Waals surface area contributed by atoms with Crippen LogP contribution in [-0.4, -0.2) is 9.55 Å². The Morgan fingerprint density at radius 2 is 2.35 bits per heavy atom. The second-order valence-electron chi connectivity index (χ2n) is 4.64. The molecule has 1 saturated carbocycles.